The highest BCUT2D eigenvalue weighted by molar-refractivity contribution is 6.33. The molecular weight excluding hydrogens is 218 g/mol. The SMILES string of the molecule is Cc1cccc(C=Nc2ccccc2Cl)c1. The molecule has 0 atom stereocenters. The number of aryl methyl sites for hydroxylation is 1. The number of rotatable bonds is 2. The topological polar surface area (TPSA) is 12.4 Å². The lowest BCUT2D eigenvalue weighted by Gasteiger charge is -1.97. The third-order valence-corrected chi connectivity index (χ3v) is 2.57. The number of para-hydroxylation sites is 1. The Hall–Kier alpha value is -1.60. The van der Waals surface area contributed by atoms with Gasteiger partial charge >= 0.3 is 0 Å². The van der Waals surface area contributed by atoms with Gasteiger partial charge in [-0.25, -0.2) is 0 Å². The molecule has 0 fully saturated rings. The van der Waals surface area contributed by atoms with E-state index in [1.807, 2.05) is 42.6 Å². The molecule has 2 aromatic carbocycles. The van der Waals surface area contributed by atoms with E-state index in [0.29, 0.717) is 5.02 Å². The van der Waals surface area contributed by atoms with Gasteiger partial charge in [-0.1, -0.05) is 53.6 Å². The summed E-state index contributed by atoms with van der Waals surface area (Å²) in [6, 6.07) is 15.7. The Labute approximate surface area is 100 Å². The summed E-state index contributed by atoms with van der Waals surface area (Å²) in [5, 5.41) is 0.673. The Kier molecular flexibility index (Phi) is 3.37. The van der Waals surface area contributed by atoms with Crippen LogP contribution in [0.1, 0.15) is 11.1 Å². The Morgan fingerprint density at radius 2 is 1.88 bits per heavy atom. The molecule has 0 aliphatic carbocycles. The van der Waals surface area contributed by atoms with E-state index >= 15 is 0 Å². The summed E-state index contributed by atoms with van der Waals surface area (Å²) in [6.45, 7) is 2.06. The minimum Gasteiger partial charge on any atom is -0.255 e. The van der Waals surface area contributed by atoms with Crippen molar-refractivity contribution in [3.05, 3.63) is 64.7 Å². The van der Waals surface area contributed by atoms with Crippen molar-refractivity contribution < 1.29 is 0 Å². The van der Waals surface area contributed by atoms with Crippen molar-refractivity contribution in [2.75, 3.05) is 0 Å². The Bertz CT molecular complexity index is 518. The molecule has 2 rings (SSSR count). The van der Waals surface area contributed by atoms with Gasteiger partial charge < -0.3 is 0 Å². The van der Waals surface area contributed by atoms with Crippen molar-refractivity contribution >= 4 is 23.5 Å². The number of benzene rings is 2. The maximum atomic E-state index is 6.01. The van der Waals surface area contributed by atoms with Crippen LogP contribution in [0.3, 0.4) is 0 Å². The van der Waals surface area contributed by atoms with E-state index < -0.39 is 0 Å². The van der Waals surface area contributed by atoms with Crippen LogP contribution in [0, 0.1) is 6.92 Å². The minimum absolute atomic E-state index is 0.673. The summed E-state index contributed by atoms with van der Waals surface area (Å²) >= 11 is 6.01. The zero-order valence-electron chi connectivity index (χ0n) is 9.02. The van der Waals surface area contributed by atoms with Gasteiger partial charge in [0.05, 0.1) is 10.7 Å². The van der Waals surface area contributed by atoms with E-state index in [4.69, 9.17) is 11.6 Å². The highest BCUT2D eigenvalue weighted by Crippen LogP contribution is 2.23. The van der Waals surface area contributed by atoms with E-state index in [9.17, 15) is 0 Å². The van der Waals surface area contributed by atoms with Gasteiger partial charge in [0.15, 0.2) is 0 Å². The second-order valence-corrected chi connectivity index (χ2v) is 4.03. The first-order valence-corrected chi connectivity index (χ1v) is 5.49. The zero-order chi connectivity index (χ0) is 11.4. The molecule has 0 aliphatic rings. The molecule has 2 heteroatoms. The number of aliphatic imine (C=N–C) groups is 1. The second-order valence-electron chi connectivity index (χ2n) is 3.62. The molecule has 0 heterocycles. The van der Waals surface area contributed by atoms with Crippen molar-refractivity contribution in [3.63, 3.8) is 0 Å². The van der Waals surface area contributed by atoms with Gasteiger partial charge in [0.2, 0.25) is 0 Å². The van der Waals surface area contributed by atoms with E-state index in [1.165, 1.54) is 5.56 Å². The van der Waals surface area contributed by atoms with E-state index in [-0.39, 0.29) is 0 Å². The lowest BCUT2D eigenvalue weighted by atomic mass is 10.1. The summed E-state index contributed by atoms with van der Waals surface area (Å²) in [5.74, 6) is 0. The third kappa shape index (κ3) is 2.71. The first-order chi connectivity index (χ1) is 7.75. The first-order valence-electron chi connectivity index (χ1n) is 5.11. The molecule has 0 spiro atoms. The molecule has 0 saturated heterocycles. The van der Waals surface area contributed by atoms with Crippen LogP contribution >= 0.6 is 11.6 Å². The maximum absolute atomic E-state index is 6.01. The molecule has 0 aromatic heterocycles. The summed E-state index contributed by atoms with van der Waals surface area (Å²) in [7, 11) is 0. The van der Waals surface area contributed by atoms with Crippen LogP contribution in [0.4, 0.5) is 5.69 Å². The quantitative estimate of drug-likeness (QED) is 0.677. The van der Waals surface area contributed by atoms with E-state index in [0.717, 1.165) is 11.3 Å². The number of nitrogens with zero attached hydrogens (tertiary/aromatic N) is 1. The molecule has 1 nitrogen and oxygen atoms in total. The second kappa shape index (κ2) is 4.95. The fourth-order valence-corrected chi connectivity index (χ4v) is 1.64. The molecule has 0 N–H and O–H groups in total. The van der Waals surface area contributed by atoms with Gasteiger partial charge in [-0.2, -0.15) is 0 Å². The van der Waals surface area contributed by atoms with Crippen molar-refractivity contribution in [2.45, 2.75) is 6.92 Å². The van der Waals surface area contributed by atoms with Crippen LogP contribution in [-0.4, -0.2) is 6.21 Å². The van der Waals surface area contributed by atoms with Gasteiger partial charge in [-0.3, -0.25) is 4.99 Å². The zero-order valence-corrected chi connectivity index (χ0v) is 9.78. The fraction of sp³-hybridized carbons (Fsp3) is 0.0714. The Morgan fingerprint density at radius 1 is 1.06 bits per heavy atom. The average molecular weight is 230 g/mol. The van der Waals surface area contributed by atoms with Crippen LogP contribution in [0.15, 0.2) is 53.5 Å². The van der Waals surface area contributed by atoms with Gasteiger partial charge in [-0.05, 0) is 24.6 Å². The van der Waals surface area contributed by atoms with Crippen molar-refractivity contribution in [1.29, 1.82) is 0 Å². The van der Waals surface area contributed by atoms with Crippen LogP contribution < -0.4 is 0 Å². The number of hydrogen-bond donors (Lipinski definition) is 0. The van der Waals surface area contributed by atoms with Crippen molar-refractivity contribution in [2.24, 2.45) is 4.99 Å². The smallest absolute Gasteiger partial charge is 0.0816 e. The number of hydrogen-bond acceptors (Lipinski definition) is 1. The molecular formula is C14H12ClN. The normalized spacial score (nSPS) is 10.9. The standard InChI is InChI=1S/C14H12ClN/c1-11-5-4-6-12(9-11)10-16-14-8-3-2-7-13(14)15/h2-10H,1H3. The molecule has 0 amide bonds. The molecule has 80 valence electrons. The summed E-state index contributed by atoms with van der Waals surface area (Å²) in [4.78, 5) is 4.36. The van der Waals surface area contributed by atoms with Crippen molar-refractivity contribution in [1.82, 2.24) is 0 Å². The molecule has 2 aromatic rings. The highest BCUT2D eigenvalue weighted by Gasteiger charge is 1.94. The van der Waals surface area contributed by atoms with Gasteiger partial charge in [0, 0.05) is 6.21 Å². The summed E-state index contributed by atoms with van der Waals surface area (Å²) in [5.41, 5.74) is 3.11. The van der Waals surface area contributed by atoms with Crippen molar-refractivity contribution in [3.8, 4) is 0 Å². The maximum Gasteiger partial charge on any atom is 0.0816 e. The Morgan fingerprint density at radius 3 is 2.62 bits per heavy atom. The lowest BCUT2D eigenvalue weighted by Crippen LogP contribution is -1.81. The summed E-state index contributed by atoms with van der Waals surface area (Å²) in [6.07, 6.45) is 1.83. The molecule has 0 aliphatic heterocycles. The van der Waals surface area contributed by atoms with E-state index in [1.54, 1.807) is 0 Å². The lowest BCUT2D eigenvalue weighted by molar-refractivity contribution is 1.45. The third-order valence-electron chi connectivity index (χ3n) is 2.25. The van der Waals surface area contributed by atoms with Crippen LogP contribution in [0.2, 0.25) is 5.02 Å². The minimum atomic E-state index is 0.673. The largest absolute Gasteiger partial charge is 0.255 e. The Balaban J connectivity index is 2.25. The van der Waals surface area contributed by atoms with Gasteiger partial charge in [0.25, 0.3) is 0 Å². The van der Waals surface area contributed by atoms with Gasteiger partial charge in [-0.15, -0.1) is 0 Å². The molecule has 0 unspecified atom stereocenters. The molecule has 16 heavy (non-hydrogen) atoms. The molecule has 0 saturated carbocycles. The monoisotopic (exact) mass is 229 g/mol. The number of halogens is 1. The first kappa shape index (κ1) is 10.9. The summed E-state index contributed by atoms with van der Waals surface area (Å²) < 4.78 is 0. The molecule has 0 radical (unpaired) electrons. The predicted molar refractivity (Wildman–Crippen MR) is 69.9 cm³/mol. The van der Waals surface area contributed by atoms with Gasteiger partial charge in [0.1, 0.15) is 0 Å². The van der Waals surface area contributed by atoms with Crippen LogP contribution in [-0.2, 0) is 0 Å². The predicted octanol–water partition coefficient (Wildman–Crippen LogP) is 4.40. The van der Waals surface area contributed by atoms with E-state index in [2.05, 4.69) is 24.0 Å². The highest BCUT2D eigenvalue weighted by atomic mass is 35.5. The van der Waals surface area contributed by atoms with Crippen LogP contribution in [0.25, 0.3) is 0 Å². The van der Waals surface area contributed by atoms with Crippen LogP contribution in [0.5, 0.6) is 0 Å². The fourth-order valence-electron chi connectivity index (χ4n) is 1.45. The average Bonchev–Trinajstić information content (AvgIpc) is 2.28. The molecule has 0 bridgehead atoms.